The third-order valence-corrected chi connectivity index (χ3v) is 5.04. The summed E-state index contributed by atoms with van der Waals surface area (Å²) in [4.78, 5) is 12.6. The van der Waals surface area contributed by atoms with Crippen molar-refractivity contribution >= 4 is 11.6 Å². The Labute approximate surface area is 187 Å². The third-order valence-electron chi connectivity index (χ3n) is 5.04. The maximum absolute atomic E-state index is 12.6. The van der Waals surface area contributed by atoms with Crippen molar-refractivity contribution in [3.8, 4) is 11.5 Å². The van der Waals surface area contributed by atoms with E-state index in [9.17, 15) is 4.79 Å². The summed E-state index contributed by atoms with van der Waals surface area (Å²) < 4.78 is 12.7. The molecule has 1 N–H and O–H groups in total. The van der Waals surface area contributed by atoms with Crippen LogP contribution in [0.25, 0.3) is 0 Å². The molecule has 6 nitrogen and oxygen atoms in total. The predicted octanol–water partition coefficient (Wildman–Crippen LogP) is 5.08. The number of nitrogens with zero attached hydrogens (tertiary/aromatic N) is 2. The van der Waals surface area contributed by atoms with Gasteiger partial charge in [0.15, 0.2) is 0 Å². The minimum absolute atomic E-state index is 0.178. The summed E-state index contributed by atoms with van der Waals surface area (Å²) in [7, 11) is 1.63. The smallest absolute Gasteiger partial charge is 0.255 e. The van der Waals surface area contributed by atoms with Crippen molar-refractivity contribution in [2.75, 3.05) is 12.4 Å². The van der Waals surface area contributed by atoms with Gasteiger partial charge in [-0.15, -0.1) is 0 Å². The van der Waals surface area contributed by atoms with Crippen LogP contribution < -0.4 is 14.8 Å². The molecule has 162 valence electrons. The molecule has 0 radical (unpaired) electrons. The lowest BCUT2D eigenvalue weighted by Crippen LogP contribution is -2.11. The molecular weight excluding hydrogens is 402 g/mol. The molecule has 1 amide bonds. The second-order valence-electron chi connectivity index (χ2n) is 7.53. The summed E-state index contributed by atoms with van der Waals surface area (Å²) in [5, 5.41) is 7.23. The number of amides is 1. The monoisotopic (exact) mass is 427 g/mol. The van der Waals surface area contributed by atoms with Crippen LogP contribution in [0.2, 0.25) is 0 Å². The number of anilines is 1. The summed E-state index contributed by atoms with van der Waals surface area (Å²) in [6.07, 6.45) is 3.48. The Balaban J connectivity index is 1.30. The lowest BCUT2D eigenvalue weighted by Gasteiger charge is -2.08. The second kappa shape index (κ2) is 9.83. The van der Waals surface area contributed by atoms with Crippen LogP contribution in [0.15, 0.2) is 85.2 Å². The lowest BCUT2D eigenvalue weighted by atomic mass is 10.1. The Morgan fingerprint density at radius 2 is 1.56 bits per heavy atom. The van der Waals surface area contributed by atoms with E-state index >= 15 is 0 Å². The van der Waals surface area contributed by atoms with Gasteiger partial charge in [0.25, 0.3) is 5.91 Å². The number of benzene rings is 3. The number of ether oxygens (including phenoxy) is 2. The van der Waals surface area contributed by atoms with Crippen LogP contribution in [0.1, 0.15) is 27.0 Å². The van der Waals surface area contributed by atoms with E-state index in [1.165, 1.54) is 5.56 Å². The van der Waals surface area contributed by atoms with E-state index < -0.39 is 0 Å². The number of aryl methyl sites for hydroxylation is 1. The zero-order valence-corrected chi connectivity index (χ0v) is 18.1. The minimum Gasteiger partial charge on any atom is -0.497 e. The topological polar surface area (TPSA) is 65.4 Å². The fraction of sp³-hybridized carbons (Fsp3) is 0.154. The van der Waals surface area contributed by atoms with Crippen molar-refractivity contribution in [3.05, 3.63) is 107 Å². The standard InChI is InChI=1S/C26H25N3O3/c1-19-3-5-20(6-4-19)16-29-17-23(15-27-29)28-26(30)22-9-7-21(8-10-22)18-32-25-13-11-24(31-2)12-14-25/h3-15,17H,16,18H2,1-2H3,(H,28,30). The van der Waals surface area contributed by atoms with Crippen LogP contribution in [0.3, 0.4) is 0 Å². The second-order valence-corrected chi connectivity index (χ2v) is 7.53. The van der Waals surface area contributed by atoms with Gasteiger partial charge in [-0.3, -0.25) is 9.48 Å². The van der Waals surface area contributed by atoms with E-state index in [4.69, 9.17) is 9.47 Å². The van der Waals surface area contributed by atoms with Gasteiger partial charge in [-0.2, -0.15) is 5.10 Å². The molecule has 1 aromatic heterocycles. The SMILES string of the molecule is COc1ccc(OCc2ccc(C(=O)Nc3cnn(Cc4ccc(C)cc4)c3)cc2)cc1. The molecule has 0 bridgehead atoms. The zero-order chi connectivity index (χ0) is 22.3. The highest BCUT2D eigenvalue weighted by Gasteiger charge is 2.08. The van der Waals surface area contributed by atoms with Crippen LogP contribution in [0.5, 0.6) is 11.5 Å². The first-order chi connectivity index (χ1) is 15.6. The maximum Gasteiger partial charge on any atom is 0.255 e. The van der Waals surface area contributed by atoms with Crippen molar-refractivity contribution in [1.82, 2.24) is 9.78 Å². The van der Waals surface area contributed by atoms with Crippen LogP contribution >= 0.6 is 0 Å². The van der Waals surface area contributed by atoms with Crippen molar-refractivity contribution in [3.63, 3.8) is 0 Å². The van der Waals surface area contributed by atoms with Crippen LogP contribution in [0.4, 0.5) is 5.69 Å². The number of rotatable bonds is 8. The molecule has 0 aliphatic carbocycles. The molecule has 0 fully saturated rings. The largest absolute Gasteiger partial charge is 0.497 e. The maximum atomic E-state index is 12.6. The summed E-state index contributed by atoms with van der Waals surface area (Å²) in [5.41, 5.74) is 4.59. The lowest BCUT2D eigenvalue weighted by molar-refractivity contribution is 0.102. The first kappa shape index (κ1) is 21.2. The quantitative estimate of drug-likeness (QED) is 0.426. The minimum atomic E-state index is -0.178. The number of hydrogen-bond donors (Lipinski definition) is 1. The van der Waals surface area contributed by atoms with Gasteiger partial charge < -0.3 is 14.8 Å². The number of hydrogen-bond acceptors (Lipinski definition) is 4. The normalized spacial score (nSPS) is 10.6. The molecule has 0 saturated heterocycles. The van der Waals surface area contributed by atoms with Gasteiger partial charge in [0.2, 0.25) is 0 Å². The first-order valence-electron chi connectivity index (χ1n) is 10.3. The molecule has 0 aliphatic heterocycles. The Bertz CT molecular complexity index is 1160. The van der Waals surface area contributed by atoms with Crippen LogP contribution in [0, 0.1) is 6.92 Å². The number of carbonyl (C=O) groups is 1. The summed E-state index contributed by atoms with van der Waals surface area (Å²) >= 11 is 0. The van der Waals surface area contributed by atoms with Gasteiger partial charge in [0.1, 0.15) is 18.1 Å². The van der Waals surface area contributed by atoms with Crippen molar-refractivity contribution in [2.45, 2.75) is 20.1 Å². The van der Waals surface area contributed by atoms with E-state index in [0.717, 1.165) is 22.6 Å². The van der Waals surface area contributed by atoms with Gasteiger partial charge in [-0.1, -0.05) is 42.0 Å². The third kappa shape index (κ3) is 5.55. The number of carbonyl (C=O) groups excluding carboxylic acids is 1. The van der Waals surface area contributed by atoms with Gasteiger partial charge in [0, 0.05) is 11.8 Å². The molecule has 1 heterocycles. The van der Waals surface area contributed by atoms with Crippen LogP contribution in [-0.2, 0) is 13.2 Å². The Hall–Kier alpha value is -4.06. The highest BCUT2D eigenvalue weighted by atomic mass is 16.5. The van der Waals surface area contributed by atoms with Gasteiger partial charge in [-0.05, 0) is 54.4 Å². The number of nitrogens with one attached hydrogen (secondary N) is 1. The fourth-order valence-electron chi connectivity index (χ4n) is 3.19. The molecule has 4 aromatic rings. The number of methoxy groups -OCH3 is 1. The fourth-order valence-corrected chi connectivity index (χ4v) is 3.19. The molecule has 3 aromatic carbocycles. The van der Waals surface area contributed by atoms with E-state index in [1.807, 2.05) is 42.6 Å². The number of aromatic nitrogens is 2. The van der Waals surface area contributed by atoms with E-state index in [1.54, 1.807) is 30.1 Å². The van der Waals surface area contributed by atoms with E-state index in [2.05, 4.69) is 41.6 Å². The molecule has 32 heavy (non-hydrogen) atoms. The van der Waals surface area contributed by atoms with Crippen LogP contribution in [-0.4, -0.2) is 22.8 Å². The summed E-state index contributed by atoms with van der Waals surface area (Å²) in [6.45, 7) is 3.13. The highest BCUT2D eigenvalue weighted by molar-refractivity contribution is 6.04. The zero-order valence-electron chi connectivity index (χ0n) is 18.1. The summed E-state index contributed by atoms with van der Waals surface area (Å²) in [5.74, 6) is 1.37. The van der Waals surface area contributed by atoms with Gasteiger partial charge in [-0.25, -0.2) is 0 Å². The van der Waals surface area contributed by atoms with E-state index in [-0.39, 0.29) is 5.91 Å². The molecule has 4 rings (SSSR count). The van der Waals surface area contributed by atoms with E-state index in [0.29, 0.717) is 24.4 Å². The molecule has 0 spiro atoms. The molecule has 0 atom stereocenters. The Morgan fingerprint density at radius 1 is 0.906 bits per heavy atom. The van der Waals surface area contributed by atoms with Crippen molar-refractivity contribution in [2.24, 2.45) is 0 Å². The van der Waals surface area contributed by atoms with Crippen molar-refractivity contribution in [1.29, 1.82) is 0 Å². The summed E-state index contributed by atoms with van der Waals surface area (Å²) in [6, 6.07) is 23.1. The average molecular weight is 428 g/mol. The van der Waals surface area contributed by atoms with Gasteiger partial charge >= 0.3 is 0 Å². The molecule has 0 aliphatic rings. The highest BCUT2D eigenvalue weighted by Crippen LogP contribution is 2.18. The molecular formula is C26H25N3O3. The Kier molecular flexibility index (Phi) is 6.51. The average Bonchev–Trinajstić information content (AvgIpc) is 3.26. The Morgan fingerprint density at radius 3 is 2.25 bits per heavy atom. The first-order valence-corrected chi connectivity index (χ1v) is 10.3. The van der Waals surface area contributed by atoms with Gasteiger partial charge in [0.05, 0.1) is 25.5 Å². The predicted molar refractivity (Wildman–Crippen MR) is 124 cm³/mol. The molecule has 0 saturated carbocycles. The van der Waals surface area contributed by atoms with Crippen molar-refractivity contribution < 1.29 is 14.3 Å². The molecule has 0 unspecified atom stereocenters. The molecule has 6 heteroatoms.